The molecular formula is C17H27N7O12P2. The van der Waals surface area contributed by atoms with Crippen LogP contribution < -0.4 is 16.6 Å². The molecule has 0 bridgehead atoms. The molecule has 4 unspecified atom stereocenters. The van der Waals surface area contributed by atoms with Crippen molar-refractivity contribution in [1.82, 2.24) is 24.8 Å². The topological polar surface area (TPSA) is 276 Å². The third kappa shape index (κ3) is 6.47. The third-order valence-electron chi connectivity index (χ3n) is 5.76. The minimum absolute atomic E-state index is 0.00111. The molecule has 0 amide bonds. The van der Waals surface area contributed by atoms with E-state index in [1.165, 1.54) is 10.9 Å². The summed E-state index contributed by atoms with van der Waals surface area (Å²) in [6.45, 7) is -1.18. The number of nitrogen functional groups attached to an aromatic ring is 1. The predicted molar refractivity (Wildman–Crippen MR) is 126 cm³/mol. The van der Waals surface area contributed by atoms with Crippen molar-refractivity contribution in [3.8, 4) is 0 Å². The van der Waals surface area contributed by atoms with Crippen molar-refractivity contribution in [1.29, 1.82) is 5.41 Å². The maximum absolute atomic E-state index is 12.7. The molecule has 0 aliphatic carbocycles. The van der Waals surface area contributed by atoms with Crippen LogP contribution in [0.4, 0.5) is 5.95 Å². The molecule has 0 aromatic carbocycles. The van der Waals surface area contributed by atoms with E-state index in [2.05, 4.69) is 24.8 Å². The molecule has 4 rings (SSSR count). The van der Waals surface area contributed by atoms with Gasteiger partial charge < -0.3 is 35.4 Å². The zero-order valence-corrected chi connectivity index (χ0v) is 21.6. The van der Waals surface area contributed by atoms with Crippen LogP contribution in [-0.2, 0) is 36.7 Å². The summed E-state index contributed by atoms with van der Waals surface area (Å²) >= 11 is 0. The number of aliphatic hydroxyl groups excluding tert-OH is 1. The lowest BCUT2D eigenvalue weighted by Gasteiger charge is -2.23. The summed E-state index contributed by atoms with van der Waals surface area (Å²) in [4.78, 5) is 42.4. The van der Waals surface area contributed by atoms with E-state index in [4.69, 9.17) is 34.2 Å². The van der Waals surface area contributed by atoms with Gasteiger partial charge in [0.25, 0.3) is 5.56 Å². The van der Waals surface area contributed by atoms with Crippen molar-refractivity contribution in [3.63, 3.8) is 0 Å². The summed E-state index contributed by atoms with van der Waals surface area (Å²) in [5.41, 5.74) is 5.14. The average Bonchev–Trinajstić information content (AvgIpc) is 3.54. The van der Waals surface area contributed by atoms with E-state index in [-0.39, 0.29) is 30.0 Å². The number of hydrogen-bond acceptors (Lipinski definition) is 14. The number of aliphatic hydroxyl groups is 1. The van der Waals surface area contributed by atoms with Gasteiger partial charge in [-0.25, -0.2) is 14.1 Å². The van der Waals surface area contributed by atoms with Crippen molar-refractivity contribution in [3.05, 3.63) is 16.7 Å². The Bertz CT molecular complexity index is 1310. The summed E-state index contributed by atoms with van der Waals surface area (Å²) in [5, 5.41) is 19.4. The van der Waals surface area contributed by atoms with E-state index in [0.29, 0.717) is 0 Å². The molecule has 19 nitrogen and oxygen atoms in total. The Kier molecular flexibility index (Phi) is 8.65. The van der Waals surface area contributed by atoms with Gasteiger partial charge in [-0.3, -0.25) is 37.8 Å². The van der Waals surface area contributed by atoms with Gasteiger partial charge in [-0.2, -0.15) is 4.98 Å². The standard InChI is InChI=1S/C17H27N7O12P2/c1-31-37(27,28)35-8-2-12(20-6-18)33-11(8)5-32-38(29,30)36-9-3-13(34-10(9)4-25)24-7-21-14-15(24)22-17(19)23-16(14)26/h6-13,25H,2-5H2,1H3,(H2,18,20)(H,27,28)(H,29,30)(H3,19,22,23,26)/t8?,9?,10-,11-,12-,13-/m1/s1. The van der Waals surface area contributed by atoms with Gasteiger partial charge in [-0.15, -0.1) is 0 Å². The molecule has 0 spiro atoms. The molecule has 4 heterocycles. The molecule has 38 heavy (non-hydrogen) atoms. The Morgan fingerprint density at radius 3 is 2.66 bits per heavy atom. The highest BCUT2D eigenvalue weighted by Crippen LogP contribution is 2.50. The molecule has 21 heteroatoms. The summed E-state index contributed by atoms with van der Waals surface area (Å²) in [7, 11) is -8.26. The molecule has 2 aliphatic heterocycles. The van der Waals surface area contributed by atoms with Crippen molar-refractivity contribution in [2.75, 3.05) is 26.1 Å². The Morgan fingerprint density at radius 1 is 1.26 bits per heavy atom. The second kappa shape index (κ2) is 11.4. The maximum atomic E-state index is 12.7. The second-order valence-electron chi connectivity index (χ2n) is 8.24. The molecule has 0 saturated carbocycles. The van der Waals surface area contributed by atoms with Crippen LogP contribution in [0.5, 0.6) is 0 Å². The van der Waals surface area contributed by atoms with Crippen LogP contribution in [0.3, 0.4) is 0 Å². The van der Waals surface area contributed by atoms with E-state index in [9.17, 15) is 28.8 Å². The Morgan fingerprint density at radius 2 is 1.97 bits per heavy atom. The molecule has 212 valence electrons. The zero-order valence-electron chi connectivity index (χ0n) is 19.8. The number of hydrogen-bond donors (Lipinski definition) is 7. The highest BCUT2D eigenvalue weighted by molar-refractivity contribution is 7.47. The number of imidazole rings is 1. The molecule has 2 aromatic heterocycles. The molecule has 2 saturated heterocycles. The quantitative estimate of drug-likeness (QED) is 0.0889. The Balaban J connectivity index is 1.42. The Labute approximate surface area is 213 Å². The number of H-pyrrole nitrogens is 1. The summed E-state index contributed by atoms with van der Waals surface area (Å²) in [5.74, 6) is -0.153. The Hall–Kier alpha value is -2.28. The minimum atomic E-state index is -4.80. The summed E-state index contributed by atoms with van der Waals surface area (Å²) < 4.78 is 57.0. The van der Waals surface area contributed by atoms with Gasteiger partial charge in [0.15, 0.2) is 11.2 Å². The van der Waals surface area contributed by atoms with Gasteiger partial charge >= 0.3 is 15.6 Å². The van der Waals surface area contributed by atoms with Gasteiger partial charge in [-0.05, 0) is 0 Å². The minimum Gasteiger partial charge on any atom is -0.394 e. The molecular weight excluding hydrogens is 556 g/mol. The van der Waals surface area contributed by atoms with Gasteiger partial charge in [0, 0.05) is 20.0 Å². The molecule has 8 atom stereocenters. The molecule has 0 radical (unpaired) electrons. The van der Waals surface area contributed by atoms with Crippen LogP contribution in [0.2, 0.25) is 0 Å². The van der Waals surface area contributed by atoms with Crippen LogP contribution in [0, 0.1) is 5.41 Å². The number of phosphoric acid groups is 2. The highest BCUT2D eigenvalue weighted by Gasteiger charge is 2.44. The number of nitrogens with zero attached hydrogens (tertiary/aromatic N) is 3. The smallest absolute Gasteiger partial charge is 0.394 e. The number of rotatable bonds is 12. The summed E-state index contributed by atoms with van der Waals surface area (Å²) in [6.07, 6.45) is -4.01. The van der Waals surface area contributed by atoms with Crippen molar-refractivity contribution < 1.29 is 51.6 Å². The number of aromatic nitrogens is 4. The number of aromatic amines is 1. The van der Waals surface area contributed by atoms with Gasteiger partial charge in [0.2, 0.25) is 5.95 Å². The molecule has 2 aromatic rings. The number of nitrogens with two attached hydrogens (primary N) is 1. The largest absolute Gasteiger partial charge is 0.472 e. The van der Waals surface area contributed by atoms with Crippen LogP contribution in [-0.4, -0.2) is 91.7 Å². The average molecular weight is 583 g/mol. The SMILES string of the molecule is COP(=O)(O)OC1C[C@H](NC=N)O[C@@H]1COP(=O)(O)OC1C[C@H](n2cnc3c(=O)[nH]c(N)nc32)O[C@@H]1CO. The fraction of sp³-hybridized carbons (Fsp3) is 0.647. The van der Waals surface area contributed by atoms with Crippen LogP contribution >= 0.6 is 15.6 Å². The van der Waals surface area contributed by atoms with Gasteiger partial charge in [-0.1, -0.05) is 0 Å². The number of nitrogens with one attached hydrogen (secondary N) is 3. The van der Waals surface area contributed by atoms with Crippen molar-refractivity contribution in [2.24, 2.45) is 0 Å². The lowest BCUT2D eigenvalue weighted by atomic mass is 10.2. The molecule has 2 aliphatic rings. The monoisotopic (exact) mass is 583 g/mol. The van der Waals surface area contributed by atoms with E-state index in [0.717, 1.165) is 13.4 Å². The lowest BCUT2D eigenvalue weighted by Crippen LogP contribution is -2.31. The summed E-state index contributed by atoms with van der Waals surface area (Å²) in [6, 6.07) is 0. The van der Waals surface area contributed by atoms with Crippen molar-refractivity contribution >= 4 is 39.1 Å². The predicted octanol–water partition coefficient (Wildman–Crippen LogP) is -1.07. The highest BCUT2D eigenvalue weighted by atomic mass is 31.2. The fourth-order valence-corrected chi connectivity index (χ4v) is 5.67. The normalized spacial score (nSPS) is 30.7. The number of ether oxygens (including phenoxy) is 2. The van der Waals surface area contributed by atoms with E-state index >= 15 is 0 Å². The van der Waals surface area contributed by atoms with E-state index in [1.54, 1.807) is 0 Å². The van der Waals surface area contributed by atoms with Gasteiger partial charge in [0.1, 0.15) is 36.9 Å². The van der Waals surface area contributed by atoms with Gasteiger partial charge in [0.05, 0.1) is 25.9 Å². The van der Waals surface area contributed by atoms with Crippen LogP contribution in [0.15, 0.2) is 11.1 Å². The third-order valence-corrected chi connectivity index (χ3v) is 7.77. The molecule has 2 fully saturated rings. The fourth-order valence-electron chi connectivity index (χ4n) is 4.06. The first-order chi connectivity index (χ1) is 17.9. The molecule has 8 N–H and O–H groups in total. The number of anilines is 1. The van der Waals surface area contributed by atoms with E-state index in [1.807, 2.05) is 0 Å². The first-order valence-corrected chi connectivity index (χ1v) is 14.1. The first-order valence-electron chi connectivity index (χ1n) is 11.1. The lowest BCUT2D eigenvalue weighted by molar-refractivity contribution is -0.0498. The number of fused-ring (bicyclic) bond motifs is 1. The van der Waals surface area contributed by atoms with Crippen molar-refractivity contribution in [2.45, 2.75) is 49.7 Å². The van der Waals surface area contributed by atoms with Crippen LogP contribution in [0.1, 0.15) is 19.1 Å². The zero-order chi connectivity index (χ0) is 27.7. The van der Waals surface area contributed by atoms with Crippen LogP contribution in [0.25, 0.3) is 11.2 Å². The maximum Gasteiger partial charge on any atom is 0.472 e. The van der Waals surface area contributed by atoms with E-state index < -0.39 is 71.3 Å². The second-order valence-corrected chi connectivity index (χ2v) is 11.2. The first kappa shape index (κ1) is 28.7. The number of phosphoric ester groups is 2.